The molecule has 1 heterocycles. The van der Waals surface area contributed by atoms with Crippen LogP contribution in [0.1, 0.15) is 23.0 Å². The number of carbonyl (C=O) groups is 1. The average molecular weight is 350 g/mol. The van der Waals surface area contributed by atoms with Crippen LogP contribution in [-0.4, -0.2) is 35.4 Å². The lowest BCUT2D eigenvalue weighted by atomic mass is 10.1. The van der Waals surface area contributed by atoms with Crippen molar-refractivity contribution in [2.75, 3.05) is 13.7 Å². The molecule has 2 rings (SSSR count). The third kappa shape index (κ3) is 5.18. The Bertz CT molecular complexity index is 743. The lowest BCUT2D eigenvalue weighted by Gasteiger charge is -2.14. The van der Waals surface area contributed by atoms with Gasteiger partial charge in [0.15, 0.2) is 0 Å². The summed E-state index contributed by atoms with van der Waals surface area (Å²) >= 11 is 5.86. The molecule has 6 nitrogen and oxygen atoms in total. The third-order valence-electron chi connectivity index (χ3n) is 3.44. The minimum Gasteiger partial charge on any atom is -0.383 e. The molecule has 7 heteroatoms. The summed E-state index contributed by atoms with van der Waals surface area (Å²) in [5.41, 5.74) is 1.01. The second-order valence-corrected chi connectivity index (χ2v) is 5.91. The Morgan fingerprint density at radius 3 is 2.67 bits per heavy atom. The highest BCUT2D eigenvalue weighted by atomic mass is 35.5. The first kappa shape index (κ1) is 18.2. The van der Waals surface area contributed by atoms with Crippen molar-refractivity contribution < 1.29 is 9.53 Å². The summed E-state index contributed by atoms with van der Waals surface area (Å²) in [4.78, 5) is 24.0. The van der Waals surface area contributed by atoms with Crippen LogP contribution in [0.5, 0.6) is 0 Å². The van der Waals surface area contributed by atoms with Crippen molar-refractivity contribution in [1.82, 2.24) is 15.1 Å². The zero-order chi connectivity index (χ0) is 17.5. The third-order valence-corrected chi connectivity index (χ3v) is 3.69. The molecule has 1 atom stereocenters. The van der Waals surface area contributed by atoms with E-state index in [1.165, 1.54) is 16.8 Å². The number of nitrogens with zero attached hydrogens (tertiary/aromatic N) is 2. The summed E-state index contributed by atoms with van der Waals surface area (Å²) in [5.74, 6) is -0.317. The molecule has 0 unspecified atom stereocenters. The molecule has 2 aromatic rings. The SMILES string of the molecule is COCCn1nc(C(=O)N[C@H](C)Cc2ccc(Cl)cc2)ccc1=O. The van der Waals surface area contributed by atoms with Crippen molar-refractivity contribution in [3.05, 3.63) is 63.0 Å². The van der Waals surface area contributed by atoms with Crippen LogP contribution >= 0.6 is 11.6 Å². The van der Waals surface area contributed by atoms with E-state index in [1.807, 2.05) is 31.2 Å². The van der Waals surface area contributed by atoms with Gasteiger partial charge in [0.1, 0.15) is 5.69 Å². The molecule has 0 radical (unpaired) electrons. The van der Waals surface area contributed by atoms with Crippen LogP contribution in [0.15, 0.2) is 41.2 Å². The highest BCUT2D eigenvalue weighted by molar-refractivity contribution is 6.30. The van der Waals surface area contributed by atoms with E-state index in [4.69, 9.17) is 16.3 Å². The summed E-state index contributed by atoms with van der Waals surface area (Å²) < 4.78 is 6.16. The molecule has 0 saturated carbocycles. The first-order valence-electron chi connectivity index (χ1n) is 7.62. The van der Waals surface area contributed by atoms with Crippen molar-refractivity contribution in [2.45, 2.75) is 25.9 Å². The van der Waals surface area contributed by atoms with Crippen LogP contribution in [0.25, 0.3) is 0 Å². The fourth-order valence-corrected chi connectivity index (χ4v) is 2.36. The molecule has 1 N–H and O–H groups in total. The monoisotopic (exact) mass is 349 g/mol. The molecule has 0 aliphatic heterocycles. The lowest BCUT2D eigenvalue weighted by Crippen LogP contribution is -2.36. The standard InChI is InChI=1S/C17H20ClN3O3/c1-12(11-13-3-5-14(18)6-4-13)19-17(23)15-7-8-16(22)21(20-15)9-10-24-2/h3-8,12H,9-11H2,1-2H3,(H,19,23)/t12-/m1/s1. The number of carbonyl (C=O) groups excluding carboxylic acids is 1. The first-order valence-corrected chi connectivity index (χ1v) is 8.00. The number of nitrogens with one attached hydrogen (secondary N) is 1. The number of hydrogen-bond acceptors (Lipinski definition) is 4. The highest BCUT2D eigenvalue weighted by Gasteiger charge is 2.13. The second kappa shape index (κ2) is 8.61. The number of ether oxygens (including phenoxy) is 1. The zero-order valence-electron chi connectivity index (χ0n) is 13.7. The maximum atomic E-state index is 12.3. The Kier molecular flexibility index (Phi) is 6.52. The van der Waals surface area contributed by atoms with E-state index in [2.05, 4.69) is 10.4 Å². The van der Waals surface area contributed by atoms with Gasteiger partial charge < -0.3 is 10.1 Å². The van der Waals surface area contributed by atoms with Crippen molar-refractivity contribution >= 4 is 17.5 Å². The van der Waals surface area contributed by atoms with Crippen LogP contribution in [0.2, 0.25) is 5.02 Å². The number of amides is 1. The van der Waals surface area contributed by atoms with Crippen LogP contribution in [-0.2, 0) is 17.7 Å². The molecule has 1 amide bonds. The number of halogens is 1. The van der Waals surface area contributed by atoms with E-state index in [9.17, 15) is 9.59 Å². The largest absolute Gasteiger partial charge is 0.383 e. The average Bonchev–Trinajstić information content (AvgIpc) is 2.56. The Morgan fingerprint density at radius 2 is 2.00 bits per heavy atom. The van der Waals surface area contributed by atoms with Gasteiger partial charge in [-0.2, -0.15) is 5.10 Å². The Morgan fingerprint density at radius 1 is 1.29 bits per heavy atom. The zero-order valence-corrected chi connectivity index (χ0v) is 14.4. The number of aromatic nitrogens is 2. The molecule has 0 fully saturated rings. The van der Waals surface area contributed by atoms with Crippen molar-refractivity contribution in [1.29, 1.82) is 0 Å². The summed E-state index contributed by atoms with van der Waals surface area (Å²) in [6.07, 6.45) is 0.673. The fourth-order valence-electron chi connectivity index (χ4n) is 2.23. The van der Waals surface area contributed by atoms with Gasteiger partial charge in [0.05, 0.1) is 13.2 Å². The van der Waals surface area contributed by atoms with Gasteiger partial charge in [0.2, 0.25) is 0 Å². The minimum absolute atomic E-state index is 0.0835. The maximum absolute atomic E-state index is 12.3. The van der Waals surface area contributed by atoms with Crippen molar-refractivity contribution in [3.8, 4) is 0 Å². The molecule has 0 saturated heterocycles. The van der Waals surface area contributed by atoms with Crippen molar-refractivity contribution in [3.63, 3.8) is 0 Å². The topological polar surface area (TPSA) is 73.2 Å². The summed E-state index contributed by atoms with van der Waals surface area (Å²) in [6.45, 7) is 2.56. The lowest BCUT2D eigenvalue weighted by molar-refractivity contribution is 0.0931. The molecule has 1 aromatic carbocycles. The van der Waals surface area contributed by atoms with Gasteiger partial charge in [-0.3, -0.25) is 9.59 Å². The highest BCUT2D eigenvalue weighted by Crippen LogP contribution is 2.11. The predicted molar refractivity (Wildman–Crippen MR) is 92.5 cm³/mol. The van der Waals surface area contributed by atoms with Gasteiger partial charge in [-0.1, -0.05) is 23.7 Å². The van der Waals surface area contributed by atoms with Gasteiger partial charge in [0.25, 0.3) is 11.5 Å². The molecule has 0 aliphatic rings. The molecule has 24 heavy (non-hydrogen) atoms. The first-order chi connectivity index (χ1) is 11.5. The molecule has 0 bridgehead atoms. The van der Waals surface area contributed by atoms with E-state index in [-0.39, 0.29) is 23.2 Å². The molecule has 1 aromatic heterocycles. The van der Waals surface area contributed by atoms with E-state index in [1.54, 1.807) is 7.11 Å². The molecule has 0 spiro atoms. The normalized spacial score (nSPS) is 12.0. The molecule has 128 valence electrons. The van der Waals surface area contributed by atoms with Gasteiger partial charge in [-0.05, 0) is 37.1 Å². The summed E-state index contributed by atoms with van der Waals surface area (Å²) in [5, 5.41) is 7.64. The minimum atomic E-state index is -0.317. The van der Waals surface area contributed by atoms with Crippen LogP contribution in [0, 0.1) is 0 Å². The van der Waals surface area contributed by atoms with Gasteiger partial charge in [0, 0.05) is 24.2 Å². The van der Waals surface area contributed by atoms with Crippen LogP contribution in [0.4, 0.5) is 0 Å². The Hall–Kier alpha value is -2.18. The van der Waals surface area contributed by atoms with Crippen molar-refractivity contribution in [2.24, 2.45) is 0 Å². The predicted octanol–water partition coefficient (Wildman–Crippen LogP) is 1.90. The van der Waals surface area contributed by atoms with E-state index in [0.29, 0.717) is 24.6 Å². The van der Waals surface area contributed by atoms with Crippen LogP contribution in [0.3, 0.4) is 0 Å². The molecular weight excluding hydrogens is 330 g/mol. The number of methoxy groups -OCH3 is 1. The number of hydrogen-bond donors (Lipinski definition) is 1. The molecule has 0 aliphatic carbocycles. The number of rotatable bonds is 7. The smallest absolute Gasteiger partial charge is 0.271 e. The number of benzene rings is 1. The maximum Gasteiger partial charge on any atom is 0.271 e. The van der Waals surface area contributed by atoms with E-state index < -0.39 is 0 Å². The Balaban J connectivity index is 2.00. The quantitative estimate of drug-likeness (QED) is 0.828. The molecular formula is C17H20ClN3O3. The summed E-state index contributed by atoms with van der Waals surface area (Å²) in [6, 6.07) is 10.2. The van der Waals surface area contributed by atoms with Gasteiger partial charge in [-0.25, -0.2) is 4.68 Å². The fraction of sp³-hybridized carbons (Fsp3) is 0.353. The summed E-state index contributed by atoms with van der Waals surface area (Å²) in [7, 11) is 1.54. The van der Waals surface area contributed by atoms with E-state index >= 15 is 0 Å². The Labute approximate surface area is 145 Å². The van der Waals surface area contributed by atoms with Crippen LogP contribution < -0.4 is 10.9 Å². The van der Waals surface area contributed by atoms with Gasteiger partial charge >= 0.3 is 0 Å². The second-order valence-electron chi connectivity index (χ2n) is 5.48. The van der Waals surface area contributed by atoms with E-state index in [0.717, 1.165) is 5.56 Å². The van der Waals surface area contributed by atoms with Gasteiger partial charge in [-0.15, -0.1) is 0 Å².